The van der Waals surface area contributed by atoms with Gasteiger partial charge in [0, 0.05) is 25.6 Å². The van der Waals surface area contributed by atoms with Gasteiger partial charge < -0.3 is 14.9 Å². The molecule has 1 fully saturated rings. The van der Waals surface area contributed by atoms with Gasteiger partial charge in [-0.15, -0.1) is 0 Å². The molecule has 26 heavy (non-hydrogen) atoms. The van der Waals surface area contributed by atoms with E-state index in [0.717, 1.165) is 44.6 Å². The maximum absolute atomic E-state index is 10.9. The third-order valence-corrected chi connectivity index (χ3v) is 6.16. The molecule has 3 aliphatic rings. The van der Waals surface area contributed by atoms with Crippen LogP contribution in [-0.2, 0) is 5.60 Å². The minimum absolute atomic E-state index is 0.538. The molecule has 1 aliphatic carbocycles. The Labute approximate surface area is 157 Å². The summed E-state index contributed by atoms with van der Waals surface area (Å²) in [4.78, 5) is 5.00. The van der Waals surface area contributed by atoms with Crippen LogP contribution in [0.3, 0.4) is 0 Å². The Morgan fingerprint density at radius 2 is 1.65 bits per heavy atom. The monoisotopic (exact) mass is 350 g/mol. The largest absolute Gasteiger partial charge is 0.385 e. The van der Waals surface area contributed by atoms with Crippen molar-refractivity contribution >= 4 is 0 Å². The van der Waals surface area contributed by atoms with E-state index in [0.29, 0.717) is 12.0 Å². The lowest BCUT2D eigenvalue weighted by molar-refractivity contribution is -0.0261. The van der Waals surface area contributed by atoms with Crippen molar-refractivity contribution in [2.24, 2.45) is 5.92 Å². The molecular weight excluding hydrogens is 320 g/mol. The molecule has 1 aromatic rings. The fraction of sp³-hybridized carbons (Fsp3) is 0.478. The van der Waals surface area contributed by atoms with Crippen LogP contribution < -0.4 is 0 Å². The molecule has 0 amide bonds. The summed E-state index contributed by atoms with van der Waals surface area (Å²) in [5.74, 6) is 0.567. The molecule has 0 aromatic heterocycles. The quantitative estimate of drug-likeness (QED) is 0.793. The van der Waals surface area contributed by atoms with E-state index < -0.39 is 5.60 Å². The van der Waals surface area contributed by atoms with Crippen molar-refractivity contribution in [3.05, 3.63) is 72.5 Å². The molecular formula is C23H30N2O. The first-order chi connectivity index (χ1) is 12.7. The molecule has 0 spiro atoms. The number of aliphatic hydroxyl groups is 1. The SMILES string of the molecule is OC1(c2ccccc2)CCN(CCCCN2C=CC3C=CC=CC32)CC1. The molecule has 2 unspecified atom stereocenters. The number of nitrogens with zero attached hydrogens (tertiary/aromatic N) is 2. The van der Waals surface area contributed by atoms with Gasteiger partial charge in [0.15, 0.2) is 0 Å². The molecule has 3 nitrogen and oxygen atoms in total. The van der Waals surface area contributed by atoms with Gasteiger partial charge in [0.05, 0.1) is 11.6 Å². The maximum Gasteiger partial charge on any atom is 0.0920 e. The van der Waals surface area contributed by atoms with Crippen LogP contribution in [0.15, 0.2) is 66.9 Å². The molecule has 4 rings (SSSR count). The summed E-state index contributed by atoms with van der Waals surface area (Å²) in [6, 6.07) is 10.7. The van der Waals surface area contributed by atoms with E-state index in [1.807, 2.05) is 18.2 Å². The molecule has 138 valence electrons. The van der Waals surface area contributed by atoms with E-state index in [1.54, 1.807) is 0 Å². The zero-order valence-corrected chi connectivity index (χ0v) is 15.5. The lowest BCUT2D eigenvalue weighted by Crippen LogP contribution is -2.43. The number of rotatable bonds is 6. The fourth-order valence-electron chi connectivity index (χ4n) is 4.47. The maximum atomic E-state index is 10.9. The van der Waals surface area contributed by atoms with Gasteiger partial charge in [-0.05, 0) is 44.0 Å². The van der Waals surface area contributed by atoms with Gasteiger partial charge >= 0.3 is 0 Å². The topological polar surface area (TPSA) is 26.7 Å². The number of hydrogen-bond acceptors (Lipinski definition) is 3. The van der Waals surface area contributed by atoms with Crippen LogP contribution in [-0.4, -0.2) is 47.1 Å². The number of allylic oxidation sites excluding steroid dienone is 2. The van der Waals surface area contributed by atoms with Crippen molar-refractivity contribution in [3.63, 3.8) is 0 Å². The van der Waals surface area contributed by atoms with Crippen LogP contribution in [0.4, 0.5) is 0 Å². The smallest absolute Gasteiger partial charge is 0.0920 e. The lowest BCUT2D eigenvalue weighted by Gasteiger charge is -2.38. The predicted octanol–water partition coefficient (Wildman–Crippen LogP) is 3.69. The molecule has 2 aliphatic heterocycles. The third-order valence-electron chi connectivity index (χ3n) is 6.16. The molecule has 3 heteroatoms. The van der Waals surface area contributed by atoms with Crippen LogP contribution in [0.2, 0.25) is 0 Å². The van der Waals surface area contributed by atoms with Crippen molar-refractivity contribution in [2.75, 3.05) is 26.2 Å². The van der Waals surface area contributed by atoms with Gasteiger partial charge in [-0.3, -0.25) is 0 Å². The first-order valence-corrected chi connectivity index (χ1v) is 10.0. The van der Waals surface area contributed by atoms with E-state index in [2.05, 4.69) is 58.5 Å². The molecule has 0 saturated carbocycles. The number of unbranched alkanes of at least 4 members (excludes halogenated alkanes) is 1. The Morgan fingerprint density at radius 1 is 0.923 bits per heavy atom. The van der Waals surface area contributed by atoms with Crippen LogP contribution >= 0.6 is 0 Å². The highest BCUT2D eigenvalue weighted by Gasteiger charge is 2.33. The van der Waals surface area contributed by atoms with Gasteiger partial charge in [0.25, 0.3) is 0 Å². The normalized spacial score (nSPS) is 27.0. The van der Waals surface area contributed by atoms with E-state index >= 15 is 0 Å². The summed E-state index contributed by atoms with van der Waals surface area (Å²) in [6.07, 6.45) is 17.7. The second kappa shape index (κ2) is 7.81. The third kappa shape index (κ3) is 3.79. The van der Waals surface area contributed by atoms with Crippen molar-refractivity contribution in [1.82, 2.24) is 9.80 Å². The minimum atomic E-state index is -0.631. The number of fused-ring (bicyclic) bond motifs is 1. The Morgan fingerprint density at radius 3 is 2.46 bits per heavy atom. The first kappa shape index (κ1) is 17.6. The summed E-state index contributed by atoms with van der Waals surface area (Å²) >= 11 is 0. The first-order valence-electron chi connectivity index (χ1n) is 10.0. The highest BCUT2D eigenvalue weighted by Crippen LogP contribution is 2.32. The van der Waals surface area contributed by atoms with E-state index in [-0.39, 0.29) is 0 Å². The van der Waals surface area contributed by atoms with Gasteiger partial charge in [0.2, 0.25) is 0 Å². The van der Waals surface area contributed by atoms with Crippen molar-refractivity contribution in [1.29, 1.82) is 0 Å². The highest BCUT2D eigenvalue weighted by atomic mass is 16.3. The second-order valence-corrected chi connectivity index (χ2v) is 7.86. The number of hydrogen-bond donors (Lipinski definition) is 1. The van der Waals surface area contributed by atoms with Crippen molar-refractivity contribution in [2.45, 2.75) is 37.3 Å². The summed E-state index contributed by atoms with van der Waals surface area (Å²) in [5, 5.41) is 10.9. The zero-order valence-electron chi connectivity index (χ0n) is 15.5. The number of piperidine rings is 1. The number of benzene rings is 1. The van der Waals surface area contributed by atoms with Gasteiger partial charge in [0.1, 0.15) is 0 Å². The fourth-order valence-corrected chi connectivity index (χ4v) is 4.47. The lowest BCUT2D eigenvalue weighted by atomic mass is 9.84. The predicted molar refractivity (Wildman–Crippen MR) is 107 cm³/mol. The van der Waals surface area contributed by atoms with Crippen LogP contribution in [0.25, 0.3) is 0 Å². The molecule has 0 radical (unpaired) electrons. The Bertz CT molecular complexity index is 671. The Balaban J connectivity index is 1.17. The summed E-state index contributed by atoms with van der Waals surface area (Å²) in [6.45, 7) is 4.27. The average molecular weight is 351 g/mol. The van der Waals surface area contributed by atoms with Crippen LogP contribution in [0.1, 0.15) is 31.2 Å². The zero-order chi connectivity index (χ0) is 17.8. The molecule has 1 saturated heterocycles. The van der Waals surface area contributed by atoms with Crippen molar-refractivity contribution in [3.8, 4) is 0 Å². The van der Waals surface area contributed by atoms with Crippen molar-refractivity contribution < 1.29 is 5.11 Å². The molecule has 1 N–H and O–H groups in total. The van der Waals surface area contributed by atoms with Gasteiger partial charge in [-0.1, -0.05) is 60.7 Å². The molecule has 0 bridgehead atoms. The molecule has 1 aromatic carbocycles. The number of likely N-dealkylation sites (tertiary alicyclic amines) is 1. The Kier molecular flexibility index (Phi) is 5.28. The molecule has 2 atom stereocenters. The highest BCUT2D eigenvalue weighted by molar-refractivity contribution is 5.26. The van der Waals surface area contributed by atoms with Crippen LogP contribution in [0, 0.1) is 5.92 Å². The van der Waals surface area contributed by atoms with Gasteiger partial charge in [-0.25, -0.2) is 0 Å². The average Bonchev–Trinajstić information content (AvgIpc) is 3.11. The Hall–Kier alpha value is -1.84. The van der Waals surface area contributed by atoms with Gasteiger partial charge in [-0.2, -0.15) is 0 Å². The molecule has 2 heterocycles. The summed E-state index contributed by atoms with van der Waals surface area (Å²) in [7, 11) is 0. The van der Waals surface area contributed by atoms with Crippen LogP contribution in [0.5, 0.6) is 0 Å². The minimum Gasteiger partial charge on any atom is -0.385 e. The van der Waals surface area contributed by atoms with E-state index in [9.17, 15) is 5.11 Å². The van der Waals surface area contributed by atoms with E-state index in [1.165, 1.54) is 12.8 Å². The summed E-state index contributed by atoms with van der Waals surface area (Å²) in [5.41, 5.74) is 0.443. The van der Waals surface area contributed by atoms with E-state index in [4.69, 9.17) is 0 Å². The summed E-state index contributed by atoms with van der Waals surface area (Å²) < 4.78 is 0. The second-order valence-electron chi connectivity index (χ2n) is 7.86. The standard InChI is InChI=1S/C23H30N2O/c26-23(21-9-2-1-3-10-21)13-18-24(19-14-23)15-6-7-16-25-17-12-20-8-4-5-11-22(20)25/h1-5,8-12,17,20,22,26H,6-7,13-16,18-19H2.